The van der Waals surface area contributed by atoms with Crippen molar-refractivity contribution in [3.63, 3.8) is 0 Å². The van der Waals surface area contributed by atoms with E-state index in [0.29, 0.717) is 25.4 Å². The number of fused-ring (bicyclic) bond motifs is 1. The number of nitrogens with zero attached hydrogens (tertiary/aromatic N) is 1. The summed E-state index contributed by atoms with van der Waals surface area (Å²) in [7, 11) is 0. The zero-order chi connectivity index (χ0) is 13.0. The Hall–Kier alpha value is -0.650. The Morgan fingerprint density at radius 1 is 1.61 bits per heavy atom. The molecule has 2 heterocycles. The Bertz CT molecular complexity index is 283. The molecule has 3 atom stereocenters. The summed E-state index contributed by atoms with van der Waals surface area (Å²) in [5.41, 5.74) is 0. The number of morpholine rings is 1. The molecule has 2 rings (SSSR count). The summed E-state index contributed by atoms with van der Waals surface area (Å²) in [4.78, 5) is 14.0. The summed E-state index contributed by atoms with van der Waals surface area (Å²) >= 11 is 0. The molecule has 0 aromatic rings. The minimum absolute atomic E-state index is 0.00282. The molecule has 2 aliphatic rings. The summed E-state index contributed by atoms with van der Waals surface area (Å²) in [6.07, 6.45) is 3.12. The van der Waals surface area contributed by atoms with Crippen LogP contribution in [-0.2, 0) is 9.53 Å². The Morgan fingerprint density at radius 2 is 2.44 bits per heavy atom. The van der Waals surface area contributed by atoms with E-state index in [1.807, 2.05) is 0 Å². The van der Waals surface area contributed by atoms with Gasteiger partial charge in [-0.2, -0.15) is 0 Å². The van der Waals surface area contributed by atoms with E-state index in [9.17, 15) is 4.79 Å². The Kier molecular flexibility index (Phi) is 4.97. The zero-order valence-corrected chi connectivity index (χ0v) is 11.1. The maximum absolute atomic E-state index is 11.5. The van der Waals surface area contributed by atoms with E-state index in [1.54, 1.807) is 6.92 Å². The van der Waals surface area contributed by atoms with Crippen LogP contribution in [0.3, 0.4) is 0 Å². The van der Waals surface area contributed by atoms with Gasteiger partial charge in [0, 0.05) is 25.6 Å². The highest BCUT2D eigenvalue weighted by atomic mass is 16.5. The molecule has 5 heteroatoms. The van der Waals surface area contributed by atoms with Crippen LogP contribution in [0.15, 0.2) is 0 Å². The summed E-state index contributed by atoms with van der Waals surface area (Å²) < 4.78 is 5.76. The number of carbonyl (C=O) groups is 1. The number of hydrogen-bond acceptors (Lipinski definition) is 4. The normalized spacial score (nSPS) is 29.9. The lowest BCUT2D eigenvalue weighted by molar-refractivity contribution is -0.123. The fourth-order valence-electron chi connectivity index (χ4n) is 2.67. The number of ether oxygens (including phenoxy) is 1. The van der Waals surface area contributed by atoms with Crippen molar-refractivity contribution in [2.45, 2.75) is 50.9 Å². The van der Waals surface area contributed by atoms with Crippen LogP contribution >= 0.6 is 0 Å². The van der Waals surface area contributed by atoms with Crippen molar-refractivity contribution in [2.24, 2.45) is 0 Å². The predicted molar refractivity (Wildman–Crippen MR) is 68.3 cm³/mol. The highest BCUT2D eigenvalue weighted by Crippen LogP contribution is 2.22. The molecule has 0 bridgehead atoms. The van der Waals surface area contributed by atoms with Crippen LogP contribution in [0.1, 0.15) is 32.6 Å². The molecular weight excluding hydrogens is 232 g/mol. The first-order chi connectivity index (χ1) is 8.65. The quantitative estimate of drug-likeness (QED) is 0.734. The van der Waals surface area contributed by atoms with Crippen molar-refractivity contribution in [1.82, 2.24) is 10.2 Å². The molecule has 2 saturated heterocycles. The van der Waals surface area contributed by atoms with Gasteiger partial charge in [-0.3, -0.25) is 9.69 Å². The second-order valence-corrected chi connectivity index (χ2v) is 5.44. The van der Waals surface area contributed by atoms with Crippen LogP contribution in [-0.4, -0.2) is 60.4 Å². The van der Waals surface area contributed by atoms with Gasteiger partial charge < -0.3 is 15.2 Å². The first kappa shape index (κ1) is 13.8. The number of rotatable bonds is 5. The van der Waals surface area contributed by atoms with Gasteiger partial charge in [0.2, 0.25) is 5.91 Å². The molecule has 1 amide bonds. The summed E-state index contributed by atoms with van der Waals surface area (Å²) in [5, 5.41) is 12.0. The molecule has 3 unspecified atom stereocenters. The van der Waals surface area contributed by atoms with Crippen molar-refractivity contribution < 1.29 is 14.6 Å². The summed E-state index contributed by atoms with van der Waals surface area (Å²) in [5.74, 6) is 0.00282. The van der Waals surface area contributed by atoms with Crippen LogP contribution in [0.25, 0.3) is 0 Å². The average Bonchev–Trinajstić information content (AvgIpc) is 2.81. The van der Waals surface area contributed by atoms with Gasteiger partial charge in [0.15, 0.2) is 0 Å². The number of aliphatic hydroxyl groups is 1. The number of carbonyl (C=O) groups excluding carboxylic acids is 1. The molecule has 2 aliphatic heterocycles. The number of nitrogens with one attached hydrogen (secondary N) is 1. The second-order valence-electron chi connectivity index (χ2n) is 5.44. The first-order valence-corrected chi connectivity index (χ1v) is 6.95. The molecule has 0 aromatic carbocycles. The summed E-state index contributed by atoms with van der Waals surface area (Å²) in [6.45, 7) is 5.18. The smallest absolute Gasteiger partial charge is 0.220 e. The fraction of sp³-hybridized carbons (Fsp3) is 0.923. The molecule has 0 saturated carbocycles. The van der Waals surface area contributed by atoms with Crippen molar-refractivity contribution in [2.75, 3.05) is 26.2 Å². The maximum atomic E-state index is 11.5. The van der Waals surface area contributed by atoms with Crippen molar-refractivity contribution in [1.29, 1.82) is 0 Å². The van der Waals surface area contributed by atoms with Gasteiger partial charge in [-0.05, 0) is 32.7 Å². The van der Waals surface area contributed by atoms with Gasteiger partial charge in [-0.1, -0.05) is 0 Å². The lowest BCUT2D eigenvalue weighted by atomic mass is 10.2. The van der Waals surface area contributed by atoms with Crippen molar-refractivity contribution >= 4 is 5.91 Å². The standard InChI is InChI=1S/C13H24N2O3/c1-10(16)4-5-13(17)14-7-12-8-15-6-2-3-11(15)9-18-12/h10-12,16H,2-9H2,1H3,(H,14,17). The van der Waals surface area contributed by atoms with E-state index in [1.165, 1.54) is 19.4 Å². The molecule has 5 nitrogen and oxygen atoms in total. The van der Waals surface area contributed by atoms with Gasteiger partial charge in [0.05, 0.1) is 18.8 Å². The molecule has 104 valence electrons. The fourth-order valence-corrected chi connectivity index (χ4v) is 2.67. The van der Waals surface area contributed by atoms with Crippen LogP contribution < -0.4 is 5.32 Å². The Morgan fingerprint density at radius 3 is 3.22 bits per heavy atom. The summed E-state index contributed by atoms with van der Waals surface area (Å²) in [6, 6.07) is 0.604. The monoisotopic (exact) mass is 256 g/mol. The Labute approximate surface area is 108 Å². The molecule has 2 N–H and O–H groups in total. The third kappa shape index (κ3) is 3.93. The van der Waals surface area contributed by atoms with E-state index >= 15 is 0 Å². The van der Waals surface area contributed by atoms with Crippen LogP contribution in [0, 0.1) is 0 Å². The lowest BCUT2D eigenvalue weighted by Gasteiger charge is -2.35. The molecule has 18 heavy (non-hydrogen) atoms. The van der Waals surface area contributed by atoms with Crippen LogP contribution in [0.5, 0.6) is 0 Å². The van der Waals surface area contributed by atoms with Gasteiger partial charge >= 0.3 is 0 Å². The van der Waals surface area contributed by atoms with Gasteiger partial charge in [-0.15, -0.1) is 0 Å². The highest BCUT2D eigenvalue weighted by Gasteiger charge is 2.32. The minimum atomic E-state index is -0.410. The van der Waals surface area contributed by atoms with Crippen LogP contribution in [0.4, 0.5) is 0 Å². The topological polar surface area (TPSA) is 61.8 Å². The molecular formula is C13H24N2O3. The first-order valence-electron chi connectivity index (χ1n) is 6.95. The van der Waals surface area contributed by atoms with Gasteiger partial charge in [-0.25, -0.2) is 0 Å². The highest BCUT2D eigenvalue weighted by molar-refractivity contribution is 5.75. The van der Waals surface area contributed by atoms with E-state index in [-0.39, 0.29) is 12.0 Å². The SMILES string of the molecule is CC(O)CCC(=O)NCC1CN2CCCC2CO1. The second kappa shape index (κ2) is 6.50. The lowest BCUT2D eigenvalue weighted by Crippen LogP contribution is -2.50. The zero-order valence-electron chi connectivity index (χ0n) is 11.1. The van der Waals surface area contributed by atoms with Gasteiger partial charge in [0.1, 0.15) is 0 Å². The number of amides is 1. The maximum Gasteiger partial charge on any atom is 0.220 e. The third-order valence-electron chi connectivity index (χ3n) is 3.78. The number of aliphatic hydroxyl groups excluding tert-OH is 1. The molecule has 2 fully saturated rings. The molecule has 0 radical (unpaired) electrons. The van der Waals surface area contributed by atoms with E-state index < -0.39 is 6.10 Å². The largest absolute Gasteiger partial charge is 0.393 e. The van der Waals surface area contributed by atoms with E-state index in [4.69, 9.17) is 9.84 Å². The third-order valence-corrected chi connectivity index (χ3v) is 3.78. The van der Waals surface area contributed by atoms with Gasteiger partial charge in [0.25, 0.3) is 0 Å². The van der Waals surface area contributed by atoms with E-state index in [2.05, 4.69) is 10.2 Å². The molecule has 0 aliphatic carbocycles. The molecule has 0 aromatic heterocycles. The van der Waals surface area contributed by atoms with Crippen molar-refractivity contribution in [3.05, 3.63) is 0 Å². The Balaban J connectivity index is 1.63. The molecule has 0 spiro atoms. The van der Waals surface area contributed by atoms with Crippen LogP contribution in [0.2, 0.25) is 0 Å². The predicted octanol–water partition coefficient (Wildman–Crippen LogP) is 0.127. The average molecular weight is 256 g/mol. The number of hydrogen-bond donors (Lipinski definition) is 2. The van der Waals surface area contributed by atoms with E-state index in [0.717, 1.165) is 13.2 Å². The van der Waals surface area contributed by atoms with Crippen molar-refractivity contribution in [3.8, 4) is 0 Å². The minimum Gasteiger partial charge on any atom is -0.393 e.